The van der Waals surface area contributed by atoms with Gasteiger partial charge in [-0.3, -0.25) is 9.78 Å². The lowest BCUT2D eigenvalue weighted by molar-refractivity contribution is -0.123. The van der Waals surface area contributed by atoms with E-state index in [1.807, 2.05) is 41.3 Å². The molecule has 2 heterocycles. The molecular formula is C22H26N4O2. The standard InChI is InChI=1S/C22H26N4O2/c1-2-16-5-7-18(8-6-16)25-21(28)26-11-9-22(15-26)12-19(22)20(27)24-14-17-4-3-10-23-13-17/h3-8,10,13,19H,2,9,11-12,14-15H2,1H3,(H,24,27)(H,25,28). The second-order valence-corrected chi connectivity index (χ2v) is 7.85. The predicted octanol–water partition coefficient (Wildman–Crippen LogP) is 3.20. The number of carbonyl (C=O) groups is 2. The minimum Gasteiger partial charge on any atom is -0.352 e. The molecule has 2 fully saturated rings. The van der Waals surface area contributed by atoms with Crippen molar-refractivity contribution in [2.45, 2.75) is 32.7 Å². The van der Waals surface area contributed by atoms with Gasteiger partial charge in [-0.1, -0.05) is 25.1 Å². The number of benzene rings is 1. The molecule has 2 aliphatic rings. The Kier molecular flexibility index (Phi) is 5.03. The SMILES string of the molecule is CCc1ccc(NC(=O)N2CCC3(CC3C(=O)NCc3cccnc3)C2)cc1. The van der Waals surface area contributed by atoms with Gasteiger partial charge in [0.2, 0.25) is 5.91 Å². The van der Waals surface area contributed by atoms with Gasteiger partial charge in [0.05, 0.1) is 0 Å². The molecule has 1 aliphatic carbocycles. The second kappa shape index (κ2) is 7.62. The van der Waals surface area contributed by atoms with E-state index < -0.39 is 0 Å². The molecule has 6 heteroatoms. The molecule has 6 nitrogen and oxygen atoms in total. The van der Waals surface area contributed by atoms with Crippen molar-refractivity contribution in [2.75, 3.05) is 18.4 Å². The topological polar surface area (TPSA) is 74.3 Å². The number of aromatic nitrogens is 1. The Bertz CT molecular complexity index is 853. The van der Waals surface area contributed by atoms with Crippen LogP contribution in [0.15, 0.2) is 48.8 Å². The van der Waals surface area contributed by atoms with Crippen LogP contribution in [-0.4, -0.2) is 34.9 Å². The van der Waals surface area contributed by atoms with Crippen molar-refractivity contribution in [1.82, 2.24) is 15.2 Å². The van der Waals surface area contributed by atoms with Gasteiger partial charge in [-0.2, -0.15) is 0 Å². The Hall–Kier alpha value is -2.89. The first-order chi connectivity index (χ1) is 13.6. The van der Waals surface area contributed by atoms with Crippen LogP contribution < -0.4 is 10.6 Å². The Labute approximate surface area is 165 Å². The van der Waals surface area contributed by atoms with E-state index in [9.17, 15) is 9.59 Å². The van der Waals surface area contributed by atoms with E-state index in [1.165, 1.54) is 5.56 Å². The summed E-state index contributed by atoms with van der Waals surface area (Å²) in [6.45, 7) is 3.95. The minimum absolute atomic E-state index is 0.00538. The molecule has 2 aromatic rings. The van der Waals surface area contributed by atoms with Crippen LogP contribution in [0.4, 0.5) is 10.5 Å². The zero-order chi connectivity index (χ0) is 19.6. The summed E-state index contributed by atoms with van der Waals surface area (Å²) in [6, 6.07) is 11.7. The number of anilines is 1. The maximum absolute atomic E-state index is 12.6. The van der Waals surface area contributed by atoms with Crippen LogP contribution in [0.25, 0.3) is 0 Å². The lowest BCUT2D eigenvalue weighted by Gasteiger charge is -2.18. The van der Waals surface area contributed by atoms with Gasteiger partial charge in [-0.25, -0.2) is 4.79 Å². The Morgan fingerprint density at radius 2 is 2.04 bits per heavy atom. The van der Waals surface area contributed by atoms with Crippen LogP contribution in [0, 0.1) is 11.3 Å². The van der Waals surface area contributed by atoms with Gasteiger partial charge in [0, 0.05) is 49.0 Å². The normalized spacial score (nSPS) is 22.9. The number of nitrogens with zero attached hydrogens (tertiary/aromatic N) is 2. The van der Waals surface area contributed by atoms with Crippen molar-refractivity contribution in [3.63, 3.8) is 0 Å². The highest BCUT2D eigenvalue weighted by atomic mass is 16.2. The first kappa shape index (κ1) is 18.5. The number of pyridine rings is 1. The molecule has 3 amide bonds. The van der Waals surface area contributed by atoms with Crippen LogP contribution in [0.1, 0.15) is 30.9 Å². The number of likely N-dealkylation sites (tertiary alicyclic amines) is 1. The summed E-state index contributed by atoms with van der Waals surface area (Å²) in [5, 5.41) is 5.98. The summed E-state index contributed by atoms with van der Waals surface area (Å²) in [5.74, 6) is 0.0899. The third kappa shape index (κ3) is 3.86. The van der Waals surface area contributed by atoms with E-state index >= 15 is 0 Å². The van der Waals surface area contributed by atoms with Gasteiger partial charge >= 0.3 is 6.03 Å². The molecule has 1 aromatic carbocycles. The molecule has 146 valence electrons. The molecule has 1 aliphatic heterocycles. The van der Waals surface area contributed by atoms with Gasteiger partial charge in [0.15, 0.2) is 0 Å². The van der Waals surface area contributed by atoms with Crippen molar-refractivity contribution >= 4 is 17.6 Å². The number of hydrogen-bond acceptors (Lipinski definition) is 3. The van der Waals surface area contributed by atoms with Crippen LogP contribution in [0.3, 0.4) is 0 Å². The van der Waals surface area contributed by atoms with Crippen molar-refractivity contribution in [3.8, 4) is 0 Å². The van der Waals surface area contributed by atoms with E-state index in [1.54, 1.807) is 12.4 Å². The first-order valence-corrected chi connectivity index (χ1v) is 9.91. The lowest BCUT2D eigenvalue weighted by atomic mass is 10.0. The molecule has 1 spiro atoms. The Morgan fingerprint density at radius 1 is 1.21 bits per heavy atom. The number of aryl methyl sites for hydroxylation is 1. The van der Waals surface area contributed by atoms with Crippen LogP contribution in [0.5, 0.6) is 0 Å². The molecule has 2 unspecified atom stereocenters. The number of amides is 3. The predicted molar refractivity (Wildman–Crippen MR) is 108 cm³/mol. The Balaban J connectivity index is 1.27. The Morgan fingerprint density at radius 3 is 2.75 bits per heavy atom. The van der Waals surface area contributed by atoms with Crippen LogP contribution in [-0.2, 0) is 17.8 Å². The zero-order valence-electron chi connectivity index (χ0n) is 16.1. The number of hydrogen-bond donors (Lipinski definition) is 2. The quantitative estimate of drug-likeness (QED) is 0.839. The van der Waals surface area contributed by atoms with E-state index in [0.29, 0.717) is 19.6 Å². The third-order valence-electron chi connectivity index (χ3n) is 5.98. The number of rotatable bonds is 5. The fraction of sp³-hybridized carbons (Fsp3) is 0.409. The molecule has 0 radical (unpaired) electrons. The smallest absolute Gasteiger partial charge is 0.321 e. The monoisotopic (exact) mass is 378 g/mol. The highest BCUT2D eigenvalue weighted by Gasteiger charge is 2.61. The van der Waals surface area contributed by atoms with E-state index in [4.69, 9.17) is 0 Å². The molecule has 4 rings (SSSR count). The number of urea groups is 1. The molecule has 28 heavy (non-hydrogen) atoms. The summed E-state index contributed by atoms with van der Waals surface area (Å²) in [7, 11) is 0. The fourth-order valence-electron chi connectivity index (χ4n) is 4.08. The summed E-state index contributed by atoms with van der Waals surface area (Å²) < 4.78 is 0. The zero-order valence-corrected chi connectivity index (χ0v) is 16.1. The lowest BCUT2D eigenvalue weighted by Crippen LogP contribution is -2.34. The van der Waals surface area contributed by atoms with Crippen molar-refractivity contribution < 1.29 is 9.59 Å². The number of nitrogens with one attached hydrogen (secondary N) is 2. The molecule has 1 aromatic heterocycles. The van der Waals surface area contributed by atoms with Gasteiger partial charge in [-0.15, -0.1) is 0 Å². The maximum Gasteiger partial charge on any atom is 0.321 e. The van der Waals surface area contributed by atoms with Gasteiger partial charge < -0.3 is 15.5 Å². The molecular weight excluding hydrogens is 352 g/mol. The largest absolute Gasteiger partial charge is 0.352 e. The van der Waals surface area contributed by atoms with Gasteiger partial charge in [-0.05, 0) is 48.6 Å². The fourth-order valence-corrected chi connectivity index (χ4v) is 4.08. The minimum atomic E-state index is -0.0810. The van der Waals surface area contributed by atoms with Crippen LogP contribution >= 0.6 is 0 Å². The van der Waals surface area contributed by atoms with Crippen molar-refractivity contribution in [2.24, 2.45) is 11.3 Å². The second-order valence-electron chi connectivity index (χ2n) is 7.85. The summed E-state index contributed by atoms with van der Waals surface area (Å²) in [4.78, 5) is 31.0. The van der Waals surface area contributed by atoms with E-state index in [-0.39, 0.29) is 23.3 Å². The van der Waals surface area contributed by atoms with Crippen molar-refractivity contribution in [1.29, 1.82) is 0 Å². The highest BCUT2D eigenvalue weighted by molar-refractivity contribution is 5.90. The molecule has 1 saturated carbocycles. The first-order valence-electron chi connectivity index (χ1n) is 9.91. The van der Waals surface area contributed by atoms with Crippen molar-refractivity contribution in [3.05, 3.63) is 59.9 Å². The summed E-state index contributed by atoms with van der Waals surface area (Å²) in [6.07, 6.45) is 6.21. The average Bonchev–Trinajstić information content (AvgIpc) is 3.26. The molecule has 2 atom stereocenters. The highest BCUT2D eigenvalue weighted by Crippen LogP contribution is 2.58. The summed E-state index contributed by atoms with van der Waals surface area (Å²) in [5.41, 5.74) is 3.01. The van der Waals surface area contributed by atoms with Gasteiger partial charge in [0.25, 0.3) is 0 Å². The van der Waals surface area contributed by atoms with Crippen LogP contribution in [0.2, 0.25) is 0 Å². The molecule has 0 bridgehead atoms. The maximum atomic E-state index is 12.6. The van der Waals surface area contributed by atoms with E-state index in [0.717, 1.165) is 30.5 Å². The van der Waals surface area contributed by atoms with E-state index in [2.05, 4.69) is 22.5 Å². The third-order valence-corrected chi connectivity index (χ3v) is 5.98. The van der Waals surface area contributed by atoms with Gasteiger partial charge in [0.1, 0.15) is 0 Å². The summed E-state index contributed by atoms with van der Waals surface area (Å²) >= 11 is 0. The average molecular weight is 378 g/mol. The molecule has 1 saturated heterocycles. The number of carbonyl (C=O) groups excluding carboxylic acids is 2. The molecule has 2 N–H and O–H groups in total.